The SMILES string of the molecule is Cc1[nH]c(C(=O)Nc2cccc(N3CCCCC3=O)c2)c(C)c1C(=O)OC(C)C. The number of nitrogens with zero attached hydrogens (tertiary/aromatic N) is 1. The highest BCUT2D eigenvalue weighted by Gasteiger charge is 2.24. The fourth-order valence-corrected chi connectivity index (χ4v) is 3.58. The van der Waals surface area contributed by atoms with E-state index in [-0.39, 0.29) is 17.9 Å². The molecule has 2 N–H and O–H groups in total. The third kappa shape index (κ3) is 4.50. The van der Waals surface area contributed by atoms with E-state index >= 15 is 0 Å². The van der Waals surface area contributed by atoms with Gasteiger partial charge in [-0.1, -0.05) is 6.07 Å². The van der Waals surface area contributed by atoms with Gasteiger partial charge in [0.2, 0.25) is 5.91 Å². The lowest BCUT2D eigenvalue weighted by Crippen LogP contribution is -2.35. The number of ether oxygens (including phenoxy) is 1. The molecule has 1 aromatic carbocycles. The van der Waals surface area contributed by atoms with Gasteiger partial charge in [0.05, 0.1) is 11.7 Å². The minimum Gasteiger partial charge on any atom is -0.459 e. The number of nitrogens with one attached hydrogen (secondary N) is 2. The van der Waals surface area contributed by atoms with Crippen molar-refractivity contribution in [3.8, 4) is 0 Å². The van der Waals surface area contributed by atoms with Gasteiger partial charge in [-0.05, 0) is 64.3 Å². The van der Waals surface area contributed by atoms with Crippen LogP contribution < -0.4 is 10.2 Å². The maximum Gasteiger partial charge on any atom is 0.340 e. The molecule has 0 aliphatic carbocycles. The first-order valence-electron chi connectivity index (χ1n) is 9.90. The maximum absolute atomic E-state index is 12.8. The molecule has 1 saturated heterocycles. The van der Waals surface area contributed by atoms with Crippen molar-refractivity contribution in [2.24, 2.45) is 0 Å². The van der Waals surface area contributed by atoms with Gasteiger partial charge in [-0.25, -0.2) is 4.79 Å². The van der Waals surface area contributed by atoms with E-state index in [0.717, 1.165) is 18.5 Å². The second-order valence-electron chi connectivity index (χ2n) is 7.59. The molecule has 3 rings (SSSR count). The van der Waals surface area contributed by atoms with Crippen LogP contribution in [0.1, 0.15) is 65.2 Å². The molecule has 0 spiro atoms. The number of piperidine rings is 1. The van der Waals surface area contributed by atoms with Crippen molar-refractivity contribution >= 4 is 29.2 Å². The molecular weight excluding hydrogens is 370 g/mol. The number of aromatic amines is 1. The van der Waals surface area contributed by atoms with Gasteiger partial charge in [0.1, 0.15) is 5.69 Å². The molecule has 0 unspecified atom stereocenters. The summed E-state index contributed by atoms with van der Waals surface area (Å²) in [6.45, 7) is 7.71. The Labute approximate surface area is 170 Å². The van der Waals surface area contributed by atoms with E-state index in [4.69, 9.17) is 4.74 Å². The summed E-state index contributed by atoms with van der Waals surface area (Å²) >= 11 is 0. The molecule has 1 fully saturated rings. The summed E-state index contributed by atoms with van der Waals surface area (Å²) in [5.41, 5.74) is 3.20. The summed E-state index contributed by atoms with van der Waals surface area (Å²) < 4.78 is 5.27. The fourth-order valence-electron chi connectivity index (χ4n) is 3.58. The summed E-state index contributed by atoms with van der Waals surface area (Å²) in [6.07, 6.45) is 2.19. The third-order valence-corrected chi connectivity index (χ3v) is 4.95. The molecule has 0 bridgehead atoms. The number of hydrogen-bond acceptors (Lipinski definition) is 4. The Hall–Kier alpha value is -3.09. The zero-order valence-electron chi connectivity index (χ0n) is 17.3. The molecule has 2 heterocycles. The van der Waals surface area contributed by atoms with Gasteiger partial charge in [0.25, 0.3) is 5.91 Å². The van der Waals surface area contributed by atoms with Crippen molar-refractivity contribution in [2.45, 2.75) is 53.1 Å². The molecular formula is C22H27N3O4. The summed E-state index contributed by atoms with van der Waals surface area (Å²) in [5.74, 6) is -0.698. The van der Waals surface area contributed by atoms with E-state index in [0.29, 0.717) is 41.2 Å². The van der Waals surface area contributed by atoms with Crippen molar-refractivity contribution in [2.75, 3.05) is 16.8 Å². The number of hydrogen-bond donors (Lipinski definition) is 2. The second-order valence-corrected chi connectivity index (χ2v) is 7.59. The van der Waals surface area contributed by atoms with E-state index in [1.165, 1.54) is 0 Å². The molecule has 0 radical (unpaired) electrons. The quantitative estimate of drug-likeness (QED) is 0.747. The maximum atomic E-state index is 12.8. The number of H-pyrrole nitrogens is 1. The average molecular weight is 397 g/mol. The second kappa shape index (κ2) is 8.51. The Morgan fingerprint density at radius 3 is 2.66 bits per heavy atom. The van der Waals surface area contributed by atoms with E-state index in [2.05, 4.69) is 10.3 Å². The van der Waals surface area contributed by atoms with Crippen molar-refractivity contribution in [1.29, 1.82) is 0 Å². The van der Waals surface area contributed by atoms with Crippen LogP contribution in [0.2, 0.25) is 0 Å². The number of rotatable bonds is 5. The van der Waals surface area contributed by atoms with E-state index in [1.54, 1.807) is 44.7 Å². The molecule has 2 amide bonds. The Kier molecular flexibility index (Phi) is 6.06. The van der Waals surface area contributed by atoms with Crippen LogP contribution in [0.5, 0.6) is 0 Å². The van der Waals surface area contributed by atoms with Gasteiger partial charge in [0.15, 0.2) is 0 Å². The molecule has 1 aliphatic heterocycles. The zero-order valence-corrected chi connectivity index (χ0v) is 17.3. The largest absolute Gasteiger partial charge is 0.459 e. The molecule has 154 valence electrons. The predicted octanol–water partition coefficient (Wildman–Crippen LogP) is 3.97. The minimum absolute atomic E-state index is 0.101. The highest BCUT2D eigenvalue weighted by molar-refractivity contribution is 6.07. The van der Waals surface area contributed by atoms with Crippen LogP contribution in [0.25, 0.3) is 0 Å². The van der Waals surface area contributed by atoms with Crippen LogP contribution in [0.3, 0.4) is 0 Å². The third-order valence-electron chi connectivity index (χ3n) is 4.95. The predicted molar refractivity (Wildman–Crippen MR) is 111 cm³/mol. The van der Waals surface area contributed by atoms with Gasteiger partial charge in [-0.2, -0.15) is 0 Å². The molecule has 0 atom stereocenters. The van der Waals surface area contributed by atoms with Gasteiger partial charge in [0, 0.05) is 30.0 Å². The van der Waals surface area contributed by atoms with Crippen LogP contribution in [0, 0.1) is 13.8 Å². The highest BCUT2D eigenvalue weighted by Crippen LogP contribution is 2.25. The number of esters is 1. The number of aryl methyl sites for hydroxylation is 1. The first-order valence-corrected chi connectivity index (χ1v) is 9.90. The van der Waals surface area contributed by atoms with Gasteiger partial charge < -0.3 is 19.9 Å². The first-order chi connectivity index (χ1) is 13.8. The number of benzene rings is 1. The first kappa shape index (κ1) is 20.6. The lowest BCUT2D eigenvalue weighted by molar-refractivity contribution is -0.119. The number of aromatic nitrogens is 1. The Balaban J connectivity index is 1.80. The van der Waals surface area contributed by atoms with Crippen molar-refractivity contribution < 1.29 is 19.1 Å². The Morgan fingerprint density at radius 2 is 1.97 bits per heavy atom. The number of anilines is 2. The topological polar surface area (TPSA) is 91.5 Å². The minimum atomic E-state index is -0.448. The van der Waals surface area contributed by atoms with E-state index < -0.39 is 5.97 Å². The van der Waals surface area contributed by atoms with Crippen molar-refractivity contribution in [1.82, 2.24) is 4.98 Å². The smallest absolute Gasteiger partial charge is 0.340 e. The number of carbonyl (C=O) groups excluding carboxylic acids is 3. The summed E-state index contributed by atoms with van der Waals surface area (Å²) in [4.78, 5) is 42.1. The standard InChI is InChI=1S/C22H27N3O4/c1-13(2)29-22(28)19-14(3)20(23-15(19)4)21(27)24-16-8-7-9-17(12-16)25-11-6-5-10-18(25)26/h7-9,12-13,23H,5-6,10-11H2,1-4H3,(H,24,27). The molecule has 7 heteroatoms. The summed E-state index contributed by atoms with van der Waals surface area (Å²) in [7, 11) is 0. The lowest BCUT2D eigenvalue weighted by atomic mass is 10.1. The Morgan fingerprint density at radius 1 is 1.21 bits per heavy atom. The van der Waals surface area contributed by atoms with E-state index in [9.17, 15) is 14.4 Å². The molecule has 0 saturated carbocycles. The van der Waals surface area contributed by atoms with Gasteiger partial charge in [-0.3, -0.25) is 9.59 Å². The average Bonchev–Trinajstić information content (AvgIpc) is 2.96. The van der Waals surface area contributed by atoms with Crippen LogP contribution >= 0.6 is 0 Å². The van der Waals surface area contributed by atoms with Crippen LogP contribution in [-0.4, -0.2) is 35.4 Å². The normalized spacial score (nSPS) is 14.2. The van der Waals surface area contributed by atoms with Crippen molar-refractivity contribution in [3.05, 3.63) is 46.8 Å². The lowest BCUT2D eigenvalue weighted by Gasteiger charge is -2.27. The number of carbonyl (C=O) groups is 3. The monoisotopic (exact) mass is 397 g/mol. The summed E-state index contributed by atoms with van der Waals surface area (Å²) in [6, 6.07) is 7.24. The molecule has 1 aliphatic rings. The molecule has 2 aromatic rings. The van der Waals surface area contributed by atoms with Crippen LogP contribution in [0.15, 0.2) is 24.3 Å². The summed E-state index contributed by atoms with van der Waals surface area (Å²) in [5, 5.41) is 2.85. The molecule has 7 nitrogen and oxygen atoms in total. The molecule has 29 heavy (non-hydrogen) atoms. The molecule has 1 aromatic heterocycles. The van der Waals surface area contributed by atoms with Gasteiger partial charge in [-0.15, -0.1) is 0 Å². The zero-order chi connectivity index (χ0) is 21.1. The van der Waals surface area contributed by atoms with Crippen molar-refractivity contribution in [3.63, 3.8) is 0 Å². The van der Waals surface area contributed by atoms with Crippen LogP contribution in [-0.2, 0) is 9.53 Å². The van der Waals surface area contributed by atoms with E-state index in [1.807, 2.05) is 12.1 Å². The highest BCUT2D eigenvalue weighted by atomic mass is 16.5. The Bertz CT molecular complexity index is 946. The fraction of sp³-hybridized carbons (Fsp3) is 0.409. The van der Waals surface area contributed by atoms with Gasteiger partial charge >= 0.3 is 5.97 Å². The number of amides is 2. The van der Waals surface area contributed by atoms with Crippen LogP contribution in [0.4, 0.5) is 11.4 Å².